The van der Waals surface area contributed by atoms with Crippen LogP contribution in [0, 0.1) is 0 Å². The average molecular weight is 437 g/mol. The van der Waals surface area contributed by atoms with Gasteiger partial charge in [0.15, 0.2) is 17.5 Å². The zero-order valence-corrected chi connectivity index (χ0v) is 19.7. The summed E-state index contributed by atoms with van der Waals surface area (Å²) in [6.07, 6.45) is 0.437. The summed E-state index contributed by atoms with van der Waals surface area (Å²) in [6, 6.07) is 3.80. The molecule has 0 spiro atoms. The monoisotopic (exact) mass is 436 g/mol. The lowest BCUT2D eigenvalue weighted by Crippen LogP contribution is -2.44. The maximum Gasteiger partial charge on any atom is 0.407 e. The number of guanidine groups is 1. The minimum absolute atomic E-state index is 0.0138. The van der Waals surface area contributed by atoms with Gasteiger partial charge >= 0.3 is 6.09 Å². The quantitative estimate of drug-likeness (QED) is 0.501. The molecule has 0 saturated carbocycles. The Bertz CT molecular complexity index is 751. The third kappa shape index (κ3) is 7.11. The average Bonchev–Trinajstić information content (AvgIpc) is 3.16. The molecule has 9 heteroatoms. The van der Waals surface area contributed by atoms with E-state index in [1.54, 1.807) is 21.3 Å². The number of nitrogens with one attached hydrogen (secondary N) is 2. The second-order valence-corrected chi connectivity index (χ2v) is 8.28. The molecule has 1 amide bonds. The number of alkyl carbamates (subject to hydrolysis) is 1. The number of amides is 1. The largest absolute Gasteiger partial charge is 0.493 e. The molecule has 1 fully saturated rings. The smallest absolute Gasteiger partial charge is 0.407 e. The third-order valence-electron chi connectivity index (χ3n) is 4.68. The fourth-order valence-electron chi connectivity index (χ4n) is 3.36. The zero-order valence-electron chi connectivity index (χ0n) is 19.7. The summed E-state index contributed by atoms with van der Waals surface area (Å²) in [5.74, 6) is 2.55. The fraction of sp³-hybridized carbons (Fsp3) is 0.636. The van der Waals surface area contributed by atoms with E-state index in [1.807, 2.05) is 39.8 Å². The Hall–Kier alpha value is -2.84. The van der Waals surface area contributed by atoms with E-state index in [-0.39, 0.29) is 6.04 Å². The Kier molecular flexibility index (Phi) is 8.65. The summed E-state index contributed by atoms with van der Waals surface area (Å²) in [6.45, 7) is 10.2. The summed E-state index contributed by atoms with van der Waals surface area (Å²) in [7, 11) is 4.77. The van der Waals surface area contributed by atoms with Crippen LogP contribution in [0.5, 0.6) is 17.2 Å². The van der Waals surface area contributed by atoms with Crippen molar-refractivity contribution in [1.82, 2.24) is 15.5 Å². The highest BCUT2D eigenvalue weighted by Crippen LogP contribution is 2.38. The minimum Gasteiger partial charge on any atom is -0.493 e. The van der Waals surface area contributed by atoms with Gasteiger partial charge in [0.1, 0.15) is 5.60 Å². The van der Waals surface area contributed by atoms with Crippen molar-refractivity contribution in [2.24, 2.45) is 4.99 Å². The van der Waals surface area contributed by atoms with E-state index in [0.717, 1.165) is 31.0 Å². The first kappa shape index (κ1) is 24.4. The number of benzene rings is 1. The van der Waals surface area contributed by atoms with Crippen molar-refractivity contribution in [1.29, 1.82) is 0 Å². The maximum atomic E-state index is 12.1. The first-order valence-corrected chi connectivity index (χ1v) is 10.5. The molecule has 1 atom stereocenters. The lowest BCUT2D eigenvalue weighted by atomic mass is 10.2. The molecule has 0 aliphatic carbocycles. The van der Waals surface area contributed by atoms with Gasteiger partial charge in [-0.25, -0.2) is 9.79 Å². The summed E-state index contributed by atoms with van der Waals surface area (Å²) in [5.41, 5.74) is 0.423. The molecule has 2 rings (SSSR count). The zero-order chi connectivity index (χ0) is 23.0. The molecule has 31 heavy (non-hydrogen) atoms. The van der Waals surface area contributed by atoms with Crippen LogP contribution >= 0.6 is 0 Å². The molecule has 174 valence electrons. The van der Waals surface area contributed by atoms with Crippen LogP contribution in [0.15, 0.2) is 17.1 Å². The van der Waals surface area contributed by atoms with Gasteiger partial charge in [-0.2, -0.15) is 0 Å². The van der Waals surface area contributed by atoms with Crippen LogP contribution in [-0.4, -0.2) is 69.6 Å². The van der Waals surface area contributed by atoms with Crippen LogP contribution < -0.4 is 24.8 Å². The van der Waals surface area contributed by atoms with Crippen LogP contribution in [-0.2, 0) is 11.3 Å². The summed E-state index contributed by atoms with van der Waals surface area (Å²) < 4.78 is 21.6. The van der Waals surface area contributed by atoms with Gasteiger partial charge in [-0.3, -0.25) is 0 Å². The molecule has 0 bridgehead atoms. The van der Waals surface area contributed by atoms with Gasteiger partial charge < -0.3 is 34.5 Å². The van der Waals surface area contributed by atoms with Gasteiger partial charge in [0, 0.05) is 19.6 Å². The molecular weight excluding hydrogens is 400 g/mol. The Morgan fingerprint density at radius 1 is 1.16 bits per heavy atom. The third-order valence-corrected chi connectivity index (χ3v) is 4.68. The molecular formula is C22H36N4O5. The van der Waals surface area contributed by atoms with Gasteiger partial charge in [-0.15, -0.1) is 0 Å². The Morgan fingerprint density at radius 3 is 2.32 bits per heavy atom. The van der Waals surface area contributed by atoms with Gasteiger partial charge in [0.2, 0.25) is 5.75 Å². The van der Waals surface area contributed by atoms with E-state index >= 15 is 0 Å². The van der Waals surface area contributed by atoms with Crippen molar-refractivity contribution in [3.8, 4) is 17.2 Å². The number of rotatable bonds is 7. The molecule has 1 aromatic carbocycles. The van der Waals surface area contributed by atoms with E-state index in [0.29, 0.717) is 30.3 Å². The van der Waals surface area contributed by atoms with Crippen LogP contribution in [0.1, 0.15) is 39.7 Å². The molecule has 2 N–H and O–H groups in total. The Balaban J connectivity index is 2.08. The fourth-order valence-corrected chi connectivity index (χ4v) is 3.36. The van der Waals surface area contributed by atoms with Crippen LogP contribution in [0.2, 0.25) is 0 Å². The van der Waals surface area contributed by atoms with E-state index in [4.69, 9.17) is 23.9 Å². The Labute approximate surface area is 185 Å². The summed E-state index contributed by atoms with van der Waals surface area (Å²) in [4.78, 5) is 19.0. The minimum atomic E-state index is -0.515. The van der Waals surface area contributed by atoms with Gasteiger partial charge in [-0.05, 0) is 51.8 Å². The van der Waals surface area contributed by atoms with E-state index in [1.165, 1.54) is 0 Å². The highest BCUT2D eigenvalue weighted by Gasteiger charge is 2.28. The molecule has 1 aliphatic rings. The number of carbonyl (C=O) groups excluding carboxylic acids is 1. The van der Waals surface area contributed by atoms with Gasteiger partial charge in [-0.1, -0.05) is 0 Å². The first-order chi connectivity index (χ1) is 14.7. The van der Waals surface area contributed by atoms with Crippen LogP contribution in [0.4, 0.5) is 4.79 Å². The summed E-state index contributed by atoms with van der Waals surface area (Å²) in [5, 5.41) is 6.28. The van der Waals surface area contributed by atoms with Crippen molar-refractivity contribution in [2.75, 3.05) is 41.0 Å². The van der Waals surface area contributed by atoms with Gasteiger partial charge in [0.05, 0.1) is 33.9 Å². The lowest BCUT2D eigenvalue weighted by Gasteiger charge is -2.23. The second-order valence-electron chi connectivity index (χ2n) is 8.28. The van der Waals surface area contributed by atoms with Crippen molar-refractivity contribution >= 4 is 12.1 Å². The number of carbonyl (C=O) groups is 1. The number of hydrogen-bond donors (Lipinski definition) is 2. The molecule has 0 radical (unpaired) electrons. The molecule has 1 unspecified atom stereocenters. The maximum absolute atomic E-state index is 12.1. The topological polar surface area (TPSA) is 93.7 Å². The number of ether oxygens (including phenoxy) is 4. The first-order valence-electron chi connectivity index (χ1n) is 10.5. The molecule has 1 saturated heterocycles. The lowest BCUT2D eigenvalue weighted by molar-refractivity contribution is 0.0507. The van der Waals surface area contributed by atoms with Crippen molar-refractivity contribution in [3.05, 3.63) is 17.7 Å². The normalized spacial score (nSPS) is 16.7. The van der Waals surface area contributed by atoms with Crippen LogP contribution in [0.3, 0.4) is 0 Å². The second kappa shape index (κ2) is 11.0. The predicted octanol–water partition coefficient (Wildman–Crippen LogP) is 2.78. The van der Waals surface area contributed by atoms with Crippen LogP contribution in [0.25, 0.3) is 0 Å². The highest BCUT2D eigenvalue weighted by molar-refractivity contribution is 5.80. The predicted molar refractivity (Wildman–Crippen MR) is 120 cm³/mol. The number of methoxy groups -OCH3 is 3. The van der Waals surface area contributed by atoms with E-state index in [2.05, 4.69) is 15.5 Å². The highest BCUT2D eigenvalue weighted by atomic mass is 16.6. The molecule has 9 nitrogen and oxygen atoms in total. The Morgan fingerprint density at radius 2 is 1.81 bits per heavy atom. The van der Waals surface area contributed by atoms with Crippen molar-refractivity contribution in [2.45, 2.75) is 52.3 Å². The SMILES string of the molecule is CCNC(=NCc1cc(OC)c(OC)c(OC)c1)N1CCC(NC(=O)OC(C)(C)C)C1. The number of likely N-dealkylation sites (tertiary alicyclic amines) is 1. The van der Waals surface area contributed by atoms with E-state index in [9.17, 15) is 4.79 Å². The number of aliphatic imine (C=N–C) groups is 1. The number of hydrogen-bond acceptors (Lipinski definition) is 6. The van der Waals surface area contributed by atoms with Gasteiger partial charge in [0.25, 0.3) is 0 Å². The molecule has 0 aromatic heterocycles. The van der Waals surface area contributed by atoms with Crippen molar-refractivity contribution < 1.29 is 23.7 Å². The molecule has 1 aromatic rings. The van der Waals surface area contributed by atoms with E-state index < -0.39 is 11.7 Å². The van der Waals surface area contributed by atoms with Crippen molar-refractivity contribution in [3.63, 3.8) is 0 Å². The summed E-state index contributed by atoms with van der Waals surface area (Å²) >= 11 is 0. The molecule has 1 aliphatic heterocycles. The standard InChI is InChI=1S/C22H36N4O5/c1-8-23-20(26-10-9-16(14-26)25-21(27)31-22(2,3)4)24-13-15-11-17(28-5)19(30-7)18(12-15)29-6/h11-12,16H,8-10,13-14H2,1-7H3,(H,23,24)(H,25,27). The molecule has 1 heterocycles. The number of nitrogens with zero attached hydrogens (tertiary/aromatic N) is 2.